The number of rotatable bonds is 5. The van der Waals surface area contributed by atoms with Crippen molar-refractivity contribution in [1.82, 2.24) is 15.6 Å². The van der Waals surface area contributed by atoms with Gasteiger partial charge in [0.05, 0.1) is 11.3 Å². The molecule has 10 heteroatoms. The molecule has 170 valence electrons. The number of alkyl halides is 3. The van der Waals surface area contributed by atoms with Gasteiger partial charge < -0.3 is 21.3 Å². The Morgan fingerprint density at radius 2 is 1.94 bits per heavy atom. The molecule has 2 aromatic heterocycles. The standard InChI is InChI=1S/C22H24F3N5OS/c1-13-12-16(22(23,24)25)17-18(26)19(32-21(17)29-13)20(31)28-7-6-14-2-4-15(5-3-14)30-10-8-27-9-11-30/h2-5,12,27H,6-11,26H2,1H3,(H,28,31). The fraction of sp³-hybridized carbons (Fsp3) is 0.364. The fourth-order valence-electron chi connectivity index (χ4n) is 3.83. The van der Waals surface area contributed by atoms with Gasteiger partial charge in [0.15, 0.2) is 0 Å². The van der Waals surface area contributed by atoms with Crippen LogP contribution in [0.2, 0.25) is 0 Å². The van der Waals surface area contributed by atoms with Gasteiger partial charge in [-0.25, -0.2) is 4.98 Å². The molecule has 1 aliphatic rings. The van der Waals surface area contributed by atoms with Crippen LogP contribution in [0.1, 0.15) is 26.5 Å². The third-order valence-corrected chi connectivity index (χ3v) is 6.55. The minimum absolute atomic E-state index is 0.0534. The van der Waals surface area contributed by atoms with Crippen LogP contribution in [0.15, 0.2) is 30.3 Å². The fourth-order valence-corrected chi connectivity index (χ4v) is 4.92. The summed E-state index contributed by atoms with van der Waals surface area (Å²) in [6, 6.07) is 9.15. The van der Waals surface area contributed by atoms with E-state index in [2.05, 4.69) is 32.7 Å². The highest BCUT2D eigenvalue weighted by Crippen LogP contribution is 2.42. The molecule has 4 N–H and O–H groups in total. The average Bonchev–Trinajstić information content (AvgIpc) is 3.09. The molecule has 1 fully saturated rings. The normalized spacial score (nSPS) is 14.7. The van der Waals surface area contributed by atoms with Crippen molar-refractivity contribution in [2.24, 2.45) is 0 Å². The van der Waals surface area contributed by atoms with Crippen LogP contribution in [0.4, 0.5) is 24.5 Å². The van der Waals surface area contributed by atoms with Gasteiger partial charge in [0.1, 0.15) is 9.71 Å². The first-order valence-electron chi connectivity index (χ1n) is 10.3. The summed E-state index contributed by atoms with van der Waals surface area (Å²) in [5, 5.41) is 5.88. The quantitative estimate of drug-likeness (QED) is 0.539. The van der Waals surface area contributed by atoms with Crippen LogP contribution in [0.25, 0.3) is 10.2 Å². The summed E-state index contributed by atoms with van der Waals surface area (Å²) in [6.07, 6.45) is -3.98. The van der Waals surface area contributed by atoms with E-state index < -0.39 is 17.6 Å². The molecule has 1 saturated heterocycles. The molecule has 0 spiro atoms. The summed E-state index contributed by atoms with van der Waals surface area (Å²) in [5.41, 5.74) is 7.37. The highest BCUT2D eigenvalue weighted by atomic mass is 32.1. The molecule has 32 heavy (non-hydrogen) atoms. The number of aryl methyl sites for hydroxylation is 1. The third kappa shape index (κ3) is 4.66. The number of nitrogens with zero attached hydrogens (tertiary/aromatic N) is 2. The van der Waals surface area contributed by atoms with E-state index in [1.54, 1.807) is 0 Å². The molecule has 0 unspecified atom stereocenters. The Bertz CT molecular complexity index is 1120. The van der Waals surface area contributed by atoms with Gasteiger partial charge in [-0.2, -0.15) is 13.2 Å². The van der Waals surface area contributed by atoms with Crippen LogP contribution in [-0.4, -0.2) is 43.6 Å². The number of benzene rings is 1. The van der Waals surface area contributed by atoms with E-state index in [-0.39, 0.29) is 26.5 Å². The van der Waals surface area contributed by atoms with Crippen molar-refractivity contribution in [1.29, 1.82) is 0 Å². The lowest BCUT2D eigenvalue weighted by Gasteiger charge is -2.29. The first kappa shape index (κ1) is 22.3. The summed E-state index contributed by atoms with van der Waals surface area (Å²) in [5.74, 6) is -0.492. The molecule has 1 aliphatic heterocycles. The Morgan fingerprint density at radius 3 is 2.59 bits per heavy atom. The SMILES string of the molecule is Cc1cc(C(F)(F)F)c2c(N)c(C(=O)NCCc3ccc(N4CCNCC4)cc3)sc2n1. The number of thiophene rings is 1. The molecular weight excluding hydrogens is 439 g/mol. The molecule has 0 bridgehead atoms. The summed E-state index contributed by atoms with van der Waals surface area (Å²) >= 11 is 0.882. The number of nitrogens with two attached hydrogens (primary N) is 1. The Hall–Kier alpha value is -2.85. The van der Waals surface area contributed by atoms with Crippen molar-refractivity contribution in [2.45, 2.75) is 19.5 Å². The third-order valence-electron chi connectivity index (χ3n) is 5.46. The van der Waals surface area contributed by atoms with E-state index in [1.165, 1.54) is 12.6 Å². The minimum atomic E-state index is -4.58. The maximum atomic E-state index is 13.4. The van der Waals surface area contributed by atoms with E-state index in [0.717, 1.165) is 49.1 Å². The second-order valence-corrected chi connectivity index (χ2v) is 8.74. The van der Waals surface area contributed by atoms with E-state index >= 15 is 0 Å². The zero-order valence-electron chi connectivity index (χ0n) is 17.6. The number of piperazine rings is 1. The number of carbonyl (C=O) groups is 1. The molecule has 6 nitrogen and oxygen atoms in total. The predicted molar refractivity (Wildman–Crippen MR) is 121 cm³/mol. The van der Waals surface area contributed by atoms with Gasteiger partial charge >= 0.3 is 6.18 Å². The minimum Gasteiger partial charge on any atom is -0.397 e. The van der Waals surface area contributed by atoms with E-state index in [4.69, 9.17) is 5.73 Å². The highest BCUT2D eigenvalue weighted by molar-refractivity contribution is 7.21. The molecule has 1 amide bonds. The number of nitrogen functional groups attached to an aromatic ring is 1. The molecule has 1 aromatic carbocycles. The summed E-state index contributed by atoms with van der Waals surface area (Å²) < 4.78 is 40.3. The van der Waals surface area contributed by atoms with Gasteiger partial charge in [-0.15, -0.1) is 11.3 Å². The van der Waals surface area contributed by atoms with Crippen molar-refractivity contribution in [3.63, 3.8) is 0 Å². The van der Waals surface area contributed by atoms with Gasteiger partial charge in [-0.1, -0.05) is 12.1 Å². The number of amides is 1. The van der Waals surface area contributed by atoms with Crippen LogP contribution < -0.4 is 21.3 Å². The van der Waals surface area contributed by atoms with Crippen molar-refractivity contribution in [3.8, 4) is 0 Å². The number of hydrogen-bond donors (Lipinski definition) is 3. The lowest BCUT2D eigenvalue weighted by molar-refractivity contribution is -0.136. The van der Waals surface area contributed by atoms with Crippen LogP contribution >= 0.6 is 11.3 Å². The molecule has 3 aromatic rings. The predicted octanol–water partition coefficient (Wildman–Crippen LogP) is 3.59. The molecule has 3 heterocycles. The van der Waals surface area contributed by atoms with Gasteiger partial charge in [0, 0.05) is 49.5 Å². The maximum Gasteiger partial charge on any atom is 0.417 e. The first-order valence-corrected chi connectivity index (χ1v) is 11.2. The number of carbonyl (C=O) groups excluding carboxylic acids is 1. The van der Waals surface area contributed by atoms with Crippen molar-refractivity contribution < 1.29 is 18.0 Å². The highest BCUT2D eigenvalue weighted by Gasteiger charge is 2.35. The largest absolute Gasteiger partial charge is 0.417 e. The van der Waals surface area contributed by atoms with Crippen LogP contribution in [-0.2, 0) is 12.6 Å². The zero-order valence-corrected chi connectivity index (χ0v) is 18.4. The number of aromatic nitrogens is 1. The molecule has 0 aliphatic carbocycles. The first-order chi connectivity index (χ1) is 15.2. The van der Waals surface area contributed by atoms with E-state index in [0.29, 0.717) is 13.0 Å². The van der Waals surface area contributed by atoms with E-state index in [9.17, 15) is 18.0 Å². The topological polar surface area (TPSA) is 83.3 Å². The lowest BCUT2D eigenvalue weighted by Crippen LogP contribution is -2.43. The van der Waals surface area contributed by atoms with Crippen LogP contribution in [0.5, 0.6) is 0 Å². The van der Waals surface area contributed by atoms with Crippen molar-refractivity contribution in [3.05, 3.63) is 52.0 Å². The van der Waals surface area contributed by atoms with Gasteiger partial charge in [-0.05, 0) is 37.1 Å². The van der Waals surface area contributed by atoms with E-state index in [1.807, 2.05) is 12.1 Å². The van der Waals surface area contributed by atoms with Crippen molar-refractivity contribution in [2.75, 3.05) is 43.4 Å². The van der Waals surface area contributed by atoms with Crippen LogP contribution in [0, 0.1) is 6.92 Å². The lowest BCUT2D eigenvalue weighted by atomic mass is 10.1. The van der Waals surface area contributed by atoms with Gasteiger partial charge in [-0.3, -0.25) is 4.79 Å². The summed E-state index contributed by atoms with van der Waals surface area (Å²) in [4.78, 5) is 19.3. The molecule has 0 saturated carbocycles. The Morgan fingerprint density at radius 1 is 1.25 bits per heavy atom. The Kier molecular flexibility index (Phi) is 6.25. The van der Waals surface area contributed by atoms with Crippen LogP contribution in [0.3, 0.4) is 0 Å². The van der Waals surface area contributed by atoms with Gasteiger partial charge in [0.25, 0.3) is 5.91 Å². The summed E-state index contributed by atoms with van der Waals surface area (Å²) in [6.45, 7) is 5.70. The second kappa shape index (κ2) is 8.95. The second-order valence-electron chi connectivity index (χ2n) is 7.74. The van der Waals surface area contributed by atoms with Gasteiger partial charge in [0.2, 0.25) is 0 Å². The number of anilines is 2. The summed E-state index contributed by atoms with van der Waals surface area (Å²) in [7, 11) is 0. The zero-order chi connectivity index (χ0) is 22.9. The average molecular weight is 464 g/mol. The van der Waals surface area contributed by atoms with Crippen molar-refractivity contribution >= 4 is 38.8 Å². The Labute approximate surface area is 187 Å². The molecule has 0 radical (unpaired) electrons. The smallest absolute Gasteiger partial charge is 0.397 e. The molecule has 0 atom stereocenters. The Balaban J connectivity index is 1.43. The maximum absolute atomic E-state index is 13.4. The molecular formula is C22H24F3N5OS. The number of fused-ring (bicyclic) bond motifs is 1. The number of hydrogen-bond acceptors (Lipinski definition) is 6. The number of halogens is 3. The molecule has 4 rings (SSSR count). The monoisotopic (exact) mass is 463 g/mol. The number of pyridine rings is 1. The number of nitrogens with one attached hydrogen (secondary N) is 2.